The minimum absolute atomic E-state index is 0.200. The summed E-state index contributed by atoms with van der Waals surface area (Å²) in [6.07, 6.45) is 0.933. The number of rotatable bonds is 5. The quantitative estimate of drug-likeness (QED) is 0.819. The van der Waals surface area contributed by atoms with E-state index in [0.29, 0.717) is 17.3 Å². The van der Waals surface area contributed by atoms with Crippen molar-refractivity contribution < 1.29 is 9.53 Å². The third-order valence-corrected chi connectivity index (χ3v) is 3.36. The Balaban J connectivity index is 1.60. The van der Waals surface area contributed by atoms with Crippen molar-refractivity contribution in [1.82, 2.24) is 10.2 Å². The van der Waals surface area contributed by atoms with Crippen LogP contribution in [0.2, 0.25) is 5.02 Å². The molecule has 0 aliphatic carbocycles. The largest absolute Gasteiger partial charge is 0.379 e. The molecule has 0 atom stereocenters. The number of ether oxygens (including phenoxy) is 1. The minimum Gasteiger partial charge on any atom is -0.379 e. The standard InChI is InChI=1S/C14H20ClN3O2/c15-12-3-1-4-13(11-12)17-14(19)16-5-2-6-18-7-9-20-10-8-18/h1,3-4,11H,2,5-10H2,(H2,16,17,19). The molecule has 1 aromatic carbocycles. The molecule has 0 unspecified atom stereocenters. The monoisotopic (exact) mass is 297 g/mol. The lowest BCUT2D eigenvalue weighted by Gasteiger charge is -2.26. The predicted molar refractivity (Wildman–Crippen MR) is 80.3 cm³/mol. The second kappa shape index (κ2) is 8.09. The van der Waals surface area contributed by atoms with E-state index in [4.69, 9.17) is 16.3 Å². The Hall–Kier alpha value is -1.30. The van der Waals surface area contributed by atoms with Crippen LogP contribution in [0.3, 0.4) is 0 Å². The van der Waals surface area contributed by atoms with Gasteiger partial charge in [-0.1, -0.05) is 17.7 Å². The van der Waals surface area contributed by atoms with Gasteiger partial charge in [0, 0.05) is 30.3 Å². The van der Waals surface area contributed by atoms with Gasteiger partial charge in [0.25, 0.3) is 0 Å². The Bertz CT molecular complexity index is 436. The molecule has 5 nitrogen and oxygen atoms in total. The Morgan fingerprint density at radius 3 is 2.90 bits per heavy atom. The highest BCUT2D eigenvalue weighted by molar-refractivity contribution is 6.30. The first-order chi connectivity index (χ1) is 9.74. The number of urea groups is 1. The molecule has 1 aliphatic heterocycles. The van der Waals surface area contributed by atoms with Crippen LogP contribution in [0, 0.1) is 0 Å². The molecule has 1 aliphatic rings. The number of benzene rings is 1. The van der Waals surface area contributed by atoms with Gasteiger partial charge in [-0.15, -0.1) is 0 Å². The average Bonchev–Trinajstić information content (AvgIpc) is 2.45. The van der Waals surface area contributed by atoms with E-state index in [1.165, 1.54) is 0 Å². The maximum Gasteiger partial charge on any atom is 0.319 e. The van der Waals surface area contributed by atoms with Gasteiger partial charge in [0.15, 0.2) is 0 Å². The minimum atomic E-state index is -0.200. The number of nitrogens with one attached hydrogen (secondary N) is 2. The molecule has 0 saturated carbocycles. The van der Waals surface area contributed by atoms with E-state index in [1.54, 1.807) is 24.3 Å². The normalized spacial score (nSPS) is 15.8. The SMILES string of the molecule is O=C(NCCCN1CCOCC1)Nc1cccc(Cl)c1. The van der Waals surface area contributed by atoms with Crippen LogP contribution in [0.4, 0.5) is 10.5 Å². The Morgan fingerprint density at radius 2 is 2.15 bits per heavy atom. The van der Waals surface area contributed by atoms with Gasteiger partial charge >= 0.3 is 6.03 Å². The van der Waals surface area contributed by atoms with Gasteiger partial charge in [0.1, 0.15) is 0 Å². The molecule has 2 amide bonds. The van der Waals surface area contributed by atoms with Gasteiger partial charge in [-0.05, 0) is 31.2 Å². The first-order valence-corrected chi connectivity index (χ1v) is 7.22. The molecule has 110 valence electrons. The van der Waals surface area contributed by atoms with Crippen molar-refractivity contribution in [3.63, 3.8) is 0 Å². The lowest BCUT2D eigenvalue weighted by molar-refractivity contribution is 0.0375. The molecule has 0 aromatic heterocycles. The molecule has 0 radical (unpaired) electrons. The van der Waals surface area contributed by atoms with Crippen molar-refractivity contribution >= 4 is 23.3 Å². The summed E-state index contributed by atoms with van der Waals surface area (Å²) in [4.78, 5) is 14.0. The molecule has 2 rings (SSSR count). The molecular formula is C14H20ClN3O2. The zero-order valence-corrected chi connectivity index (χ0v) is 12.2. The fourth-order valence-electron chi connectivity index (χ4n) is 2.07. The summed E-state index contributed by atoms with van der Waals surface area (Å²) in [5.41, 5.74) is 0.697. The molecule has 6 heteroatoms. The highest BCUT2D eigenvalue weighted by atomic mass is 35.5. The van der Waals surface area contributed by atoms with Crippen LogP contribution in [0.25, 0.3) is 0 Å². The van der Waals surface area contributed by atoms with E-state index in [1.807, 2.05) is 0 Å². The third kappa shape index (κ3) is 5.36. The van der Waals surface area contributed by atoms with Crippen LogP contribution in [-0.4, -0.2) is 50.3 Å². The van der Waals surface area contributed by atoms with E-state index < -0.39 is 0 Å². The van der Waals surface area contributed by atoms with Crippen molar-refractivity contribution in [2.75, 3.05) is 44.7 Å². The van der Waals surface area contributed by atoms with E-state index >= 15 is 0 Å². The highest BCUT2D eigenvalue weighted by Crippen LogP contribution is 2.14. The van der Waals surface area contributed by atoms with Crippen molar-refractivity contribution in [2.24, 2.45) is 0 Å². The number of nitrogens with zero attached hydrogens (tertiary/aromatic N) is 1. The number of hydrogen-bond donors (Lipinski definition) is 2. The maximum absolute atomic E-state index is 11.7. The lowest BCUT2D eigenvalue weighted by atomic mass is 10.3. The number of morpholine rings is 1. The van der Waals surface area contributed by atoms with E-state index in [-0.39, 0.29) is 6.03 Å². The van der Waals surface area contributed by atoms with Gasteiger partial charge in [-0.3, -0.25) is 4.90 Å². The number of halogens is 1. The second-order valence-corrected chi connectivity index (χ2v) is 5.14. The first kappa shape index (κ1) is 15.1. The smallest absolute Gasteiger partial charge is 0.319 e. The molecule has 1 fully saturated rings. The van der Waals surface area contributed by atoms with Crippen LogP contribution in [-0.2, 0) is 4.74 Å². The molecule has 0 bridgehead atoms. The summed E-state index contributed by atoms with van der Waals surface area (Å²) in [6.45, 7) is 5.22. The third-order valence-electron chi connectivity index (χ3n) is 3.12. The highest BCUT2D eigenvalue weighted by Gasteiger charge is 2.09. The fraction of sp³-hybridized carbons (Fsp3) is 0.500. The maximum atomic E-state index is 11.7. The van der Waals surface area contributed by atoms with Gasteiger partial charge in [-0.25, -0.2) is 4.79 Å². The summed E-state index contributed by atoms with van der Waals surface area (Å²) in [6, 6.07) is 6.89. The summed E-state index contributed by atoms with van der Waals surface area (Å²) in [7, 11) is 0. The zero-order chi connectivity index (χ0) is 14.2. The van der Waals surface area contributed by atoms with Crippen LogP contribution < -0.4 is 10.6 Å². The number of carbonyl (C=O) groups is 1. The Morgan fingerprint density at radius 1 is 1.35 bits per heavy atom. The summed E-state index contributed by atoms with van der Waals surface area (Å²) >= 11 is 5.85. The van der Waals surface area contributed by atoms with E-state index in [2.05, 4.69) is 15.5 Å². The van der Waals surface area contributed by atoms with Crippen LogP contribution in [0.5, 0.6) is 0 Å². The molecular weight excluding hydrogens is 278 g/mol. The zero-order valence-electron chi connectivity index (χ0n) is 11.4. The number of amides is 2. The predicted octanol–water partition coefficient (Wildman–Crippen LogP) is 2.18. The van der Waals surface area contributed by atoms with Crippen molar-refractivity contribution in [1.29, 1.82) is 0 Å². The van der Waals surface area contributed by atoms with Crippen LogP contribution >= 0.6 is 11.6 Å². The van der Waals surface area contributed by atoms with Gasteiger partial charge in [-0.2, -0.15) is 0 Å². The van der Waals surface area contributed by atoms with Crippen LogP contribution in [0.15, 0.2) is 24.3 Å². The average molecular weight is 298 g/mol. The Kier molecular flexibility index (Phi) is 6.11. The van der Waals surface area contributed by atoms with Crippen molar-refractivity contribution in [3.05, 3.63) is 29.3 Å². The van der Waals surface area contributed by atoms with Gasteiger partial charge in [0.2, 0.25) is 0 Å². The Labute approximate surface area is 124 Å². The molecule has 1 aromatic rings. The van der Waals surface area contributed by atoms with Gasteiger partial charge in [0.05, 0.1) is 13.2 Å². The summed E-state index contributed by atoms with van der Waals surface area (Å²) in [5, 5.41) is 6.20. The number of anilines is 1. The summed E-state index contributed by atoms with van der Waals surface area (Å²) < 4.78 is 5.29. The van der Waals surface area contributed by atoms with Crippen molar-refractivity contribution in [2.45, 2.75) is 6.42 Å². The summed E-state index contributed by atoms with van der Waals surface area (Å²) in [5.74, 6) is 0. The molecule has 2 N–H and O–H groups in total. The van der Waals surface area contributed by atoms with Crippen molar-refractivity contribution in [3.8, 4) is 0 Å². The van der Waals surface area contributed by atoms with Crippen LogP contribution in [0.1, 0.15) is 6.42 Å². The number of carbonyl (C=O) groups excluding carboxylic acids is 1. The van der Waals surface area contributed by atoms with E-state index in [9.17, 15) is 4.79 Å². The number of hydrogen-bond acceptors (Lipinski definition) is 3. The lowest BCUT2D eigenvalue weighted by Crippen LogP contribution is -2.38. The molecule has 1 heterocycles. The second-order valence-electron chi connectivity index (χ2n) is 4.70. The first-order valence-electron chi connectivity index (χ1n) is 6.84. The van der Waals surface area contributed by atoms with E-state index in [0.717, 1.165) is 39.3 Å². The fourth-order valence-corrected chi connectivity index (χ4v) is 2.26. The molecule has 20 heavy (non-hydrogen) atoms. The topological polar surface area (TPSA) is 53.6 Å². The molecule has 1 saturated heterocycles. The molecule has 0 spiro atoms. The van der Waals surface area contributed by atoms with Gasteiger partial charge < -0.3 is 15.4 Å².